The largest absolute Gasteiger partial charge is 0.382 e. The average molecular weight is 447 g/mol. The van der Waals surface area contributed by atoms with Crippen LogP contribution in [0.5, 0.6) is 0 Å². The van der Waals surface area contributed by atoms with E-state index in [0.29, 0.717) is 11.9 Å². The minimum Gasteiger partial charge on any atom is -0.382 e. The van der Waals surface area contributed by atoms with Crippen LogP contribution in [0, 0.1) is 5.92 Å². The van der Waals surface area contributed by atoms with Gasteiger partial charge in [0.25, 0.3) is 0 Å². The van der Waals surface area contributed by atoms with Gasteiger partial charge in [-0.1, -0.05) is 44.2 Å². The fraction of sp³-hybridized carbons (Fsp3) is 0.360. The molecule has 1 aliphatic heterocycles. The number of ketones is 1. The molecule has 2 N–H and O–H groups in total. The highest BCUT2D eigenvalue weighted by atomic mass is 16.5. The van der Waals surface area contributed by atoms with Crippen molar-refractivity contribution in [3.8, 4) is 22.5 Å². The fourth-order valence-electron chi connectivity index (χ4n) is 3.83. The molecule has 8 heteroatoms. The van der Waals surface area contributed by atoms with E-state index in [-0.39, 0.29) is 11.7 Å². The summed E-state index contributed by atoms with van der Waals surface area (Å²) < 4.78 is 9.48. The highest BCUT2D eigenvalue weighted by Gasteiger charge is 2.23. The van der Waals surface area contributed by atoms with Crippen LogP contribution in [-0.2, 0) is 9.53 Å². The van der Waals surface area contributed by atoms with Gasteiger partial charge >= 0.3 is 0 Å². The van der Waals surface area contributed by atoms with E-state index in [9.17, 15) is 4.79 Å². The van der Waals surface area contributed by atoms with Crippen molar-refractivity contribution in [1.82, 2.24) is 24.4 Å². The molecule has 0 bridgehead atoms. The first-order valence-electron chi connectivity index (χ1n) is 11.3. The summed E-state index contributed by atoms with van der Waals surface area (Å²) in [5.74, 6) is 0.932. The number of carbonyl (C=O) groups is 1. The second-order valence-electron chi connectivity index (χ2n) is 8.48. The van der Waals surface area contributed by atoms with Gasteiger partial charge in [-0.2, -0.15) is 10.2 Å². The smallest absolute Gasteiger partial charge is 0.152 e. The first kappa shape index (κ1) is 22.7. The van der Waals surface area contributed by atoms with Gasteiger partial charge in [-0.3, -0.25) is 9.48 Å². The van der Waals surface area contributed by atoms with Gasteiger partial charge in [0, 0.05) is 36.5 Å². The molecule has 0 spiro atoms. The number of aromatic nitrogens is 5. The van der Waals surface area contributed by atoms with Crippen molar-refractivity contribution in [2.75, 3.05) is 18.9 Å². The third-order valence-corrected chi connectivity index (χ3v) is 5.95. The summed E-state index contributed by atoms with van der Waals surface area (Å²) in [6.45, 7) is 6.91. The molecule has 5 rings (SSSR count). The Balaban J connectivity index is 0.000000385. The van der Waals surface area contributed by atoms with Crippen LogP contribution in [0.4, 0.5) is 5.82 Å². The van der Waals surface area contributed by atoms with E-state index in [1.165, 1.54) is 6.33 Å². The van der Waals surface area contributed by atoms with Gasteiger partial charge in [0.15, 0.2) is 5.82 Å². The Morgan fingerprint density at radius 1 is 1.09 bits per heavy atom. The lowest BCUT2D eigenvalue weighted by Crippen LogP contribution is -2.21. The maximum atomic E-state index is 10.1. The third-order valence-electron chi connectivity index (χ3n) is 5.95. The van der Waals surface area contributed by atoms with Crippen LogP contribution < -0.4 is 5.73 Å². The Labute approximate surface area is 193 Å². The molecule has 8 nitrogen and oxygen atoms in total. The van der Waals surface area contributed by atoms with Gasteiger partial charge in [0.2, 0.25) is 0 Å². The lowest BCUT2D eigenvalue weighted by Gasteiger charge is -2.24. The van der Waals surface area contributed by atoms with Crippen LogP contribution in [0.15, 0.2) is 55.0 Å². The zero-order valence-corrected chi connectivity index (χ0v) is 19.3. The molecule has 0 radical (unpaired) electrons. The van der Waals surface area contributed by atoms with Crippen molar-refractivity contribution >= 4 is 17.1 Å². The molecule has 0 saturated carbocycles. The Hall–Kier alpha value is -3.52. The van der Waals surface area contributed by atoms with Crippen LogP contribution in [0.2, 0.25) is 0 Å². The number of ether oxygens (including phenoxy) is 1. The number of hydrogen-bond acceptors (Lipinski definition) is 6. The summed E-state index contributed by atoms with van der Waals surface area (Å²) in [7, 11) is 0. The molecular formula is C25H30N6O2. The van der Waals surface area contributed by atoms with Gasteiger partial charge < -0.3 is 10.5 Å². The molecular weight excluding hydrogens is 416 g/mol. The predicted molar refractivity (Wildman–Crippen MR) is 129 cm³/mol. The zero-order chi connectivity index (χ0) is 23.4. The predicted octanol–water partition coefficient (Wildman–Crippen LogP) is 4.42. The van der Waals surface area contributed by atoms with Crippen molar-refractivity contribution in [2.24, 2.45) is 5.92 Å². The van der Waals surface area contributed by atoms with Gasteiger partial charge in [-0.15, -0.1) is 0 Å². The minimum atomic E-state index is 0.213. The third kappa shape index (κ3) is 4.80. The quantitative estimate of drug-likeness (QED) is 0.498. The number of rotatable bonds is 4. The molecule has 1 aromatic carbocycles. The first-order valence-corrected chi connectivity index (χ1v) is 11.3. The maximum Gasteiger partial charge on any atom is 0.152 e. The van der Waals surface area contributed by atoms with Crippen molar-refractivity contribution in [3.63, 3.8) is 0 Å². The molecule has 1 aliphatic rings. The molecule has 0 amide bonds. The van der Waals surface area contributed by atoms with E-state index >= 15 is 0 Å². The molecule has 0 unspecified atom stereocenters. The fourth-order valence-corrected chi connectivity index (χ4v) is 3.83. The Morgan fingerprint density at radius 2 is 1.79 bits per heavy atom. The average Bonchev–Trinajstić information content (AvgIpc) is 3.46. The second kappa shape index (κ2) is 9.95. The summed E-state index contributed by atoms with van der Waals surface area (Å²) in [5.41, 5.74) is 11.2. The van der Waals surface area contributed by atoms with Crippen LogP contribution >= 0.6 is 0 Å². The number of benzene rings is 1. The van der Waals surface area contributed by atoms with Crippen LogP contribution in [0.3, 0.4) is 0 Å². The molecule has 33 heavy (non-hydrogen) atoms. The molecule has 172 valence electrons. The van der Waals surface area contributed by atoms with Crippen molar-refractivity contribution in [3.05, 3.63) is 55.0 Å². The summed E-state index contributed by atoms with van der Waals surface area (Å²) >= 11 is 0. The van der Waals surface area contributed by atoms with E-state index in [0.717, 1.165) is 54.1 Å². The Bertz CT molecular complexity index is 1220. The summed E-state index contributed by atoms with van der Waals surface area (Å²) in [4.78, 5) is 14.4. The normalized spacial score (nSPS) is 14.3. The summed E-state index contributed by atoms with van der Waals surface area (Å²) in [5, 5.41) is 9.07. The van der Waals surface area contributed by atoms with Crippen molar-refractivity contribution in [1.29, 1.82) is 0 Å². The SMILES string of the molecule is CC(=O)C(C)C.Nc1ncnn2c(-c3ccccc3)cc(-c3ccnn3C3CCOCC3)c12. The minimum absolute atomic E-state index is 0.213. The van der Waals surface area contributed by atoms with Gasteiger partial charge in [-0.25, -0.2) is 9.50 Å². The summed E-state index contributed by atoms with van der Waals surface area (Å²) in [6, 6.07) is 14.7. The van der Waals surface area contributed by atoms with E-state index in [4.69, 9.17) is 10.5 Å². The first-order chi connectivity index (χ1) is 16.0. The van der Waals surface area contributed by atoms with E-state index in [2.05, 4.69) is 38.1 Å². The molecule has 4 heterocycles. The van der Waals surface area contributed by atoms with Gasteiger partial charge in [0.05, 0.1) is 17.4 Å². The lowest BCUT2D eigenvalue weighted by molar-refractivity contribution is -0.119. The number of nitrogens with two attached hydrogens (primary N) is 1. The monoisotopic (exact) mass is 446 g/mol. The van der Waals surface area contributed by atoms with E-state index < -0.39 is 0 Å². The van der Waals surface area contributed by atoms with Crippen molar-refractivity contribution in [2.45, 2.75) is 39.7 Å². The Morgan fingerprint density at radius 3 is 2.45 bits per heavy atom. The van der Waals surface area contributed by atoms with Gasteiger partial charge in [0.1, 0.15) is 17.6 Å². The molecule has 0 atom stereocenters. The highest BCUT2D eigenvalue weighted by molar-refractivity contribution is 5.90. The highest BCUT2D eigenvalue weighted by Crippen LogP contribution is 2.36. The number of Topliss-reactive ketones (excluding diaryl/α,β-unsaturated/α-hetero) is 1. The van der Waals surface area contributed by atoms with E-state index in [1.54, 1.807) is 6.92 Å². The number of nitrogens with zero attached hydrogens (tertiary/aromatic N) is 5. The maximum absolute atomic E-state index is 10.1. The summed E-state index contributed by atoms with van der Waals surface area (Å²) in [6.07, 6.45) is 5.25. The molecule has 3 aromatic heterocycles. The van der Waals surface area contributed by atoms with Crippen LogP contribution in [-0.4, -0.2) is 43.4 Å². The van der Waals surface area contributed by atoms with Crippen LogP contribution in [0.1, 0.15) is 39.7 Å². The second-order valence-corrected chi connectivity index (χ2v) is 8.48. The van der Waals surface area contributed by atoms with Crippen LogP contribution in [0.25, 0.3) is 28.0 Å². The molecule has 1 fully saturated rings. The zero-order valence-electron chi connectivity index (χ0n) is 19.3. The number of anilines is 1. The number of nitrogen functional groups attached to an aromatic ring is 1. The molecule has 0 aliphatic carbocycles. The topological polar surface area (TPSA) is 100 Å². The molecule has 1 saturated heterocycles. The van der Waals surface area contributed by atoms with E-state index in [1.807, 2.05) is 48.8 Å². The van der Waals surface area contributed by atoms with Gasteiger partial charge in [-0.05, 0) is 31.9 Å². The van der Waals surface area contributed by atoms with Crippen molar-refractivity contribution < 1.29 is 9.53 Å². The standard InChI is InChI=1S/C20H20N6O.C5H10O/c21-20-19-16(17-6-9-23-25(17)15-7-10-27-11-8-15)12-18(26(19)24-13-22-20)14-4-2-1-3-5-14;1-4(2)5(3)6/h1-6,9,12-13,15H,7-8,10-11H2,(H2,21,22,24);4H,1-3H3. The lowest BCUT2D eigenvalue weighted by atomic mass is 10.1. The molecule has 4 aromatic rings. The number of carbonyl (C=O) groups excluding carboxylic acids is 1. The number of hydrogen-bond donors (Lipinski definition) is 1. The Kier molecular flexibility index (Phi) is 6.84. The number of fused-ring (bicyclic) bond motifs is 1.